The standard InChI is InChI=1S/C20H22FN3O2/c1-14-5-3-8-19-23-13-18(24(14)19)17(12-20(25)22-9-10-26-2)15-6-4-7-16(21)11-15/h3-8,11,13,17H,9-10,12H2,1-2H3,(H,22,25). The number of hydrogen-bond acceptors (Lipinski definition) is 3. The number of hydrogen-bond donors (Lipinski definition) is 1. The fraction of sp³-hybridized carbons (Fsp3) is 0.300. The Bertz CT molecular complexity index is 907. The number of benzene rings is 1. The second-order valence-corrected chi connectivity index (χ2v) is 6.20. The Hall–Kier alpha value is -2.73. The van der Waals surface area contributed by atoms with Gasteiger partial charge in [0, 0.05) is 37.9 Å². The van der Waals surface area contributed by atoms with E-state index in [9.17, 15) is 9.18 Å². The number of methoxy groups -OCH3 is 1. The van der Waals surface area contributed by atoms with Gasteiger partial charge < -0.3 is 14.5 Å². The molecule has 3 aromatic rings. The number of halogens is 1. The van der Waals surface area contributed by atoms with Gasteiger partial charge in [0.15, 0.2) is 0 Å². The van der Waals surface area contributed by atoms with E-state index in [-0.39, 0.29) is 24.1 Å². The number of nitrogens with zero attached hydrogens (tertiary/aromatic N) is 2. The molecule has 1 aromatic carbocycles. The van der Waals surface area contributed by atoms with E-state index >= 15 is 0 Å². The fourth-order valence-electron chi connectivity index (χ4n) is 3.14. The molecule has 0 fully saturated rings. The molecular weight excluding hydrogens is 333 g/mol. The van der Waals surface area contributed by atoms with Crippen molar-refractivity contribution < 1.29 is 13.9 Å². The van der Waals surface area contributed by atoms with Crippen molar-refractivity contribution in [2.24, 2.45) is 0 Å². The third-order valence-electron chi connectivity index (χ3n) is 4.38. The Kier molecular flexibility index (Phi) is 5.63. The molecule has 0 saturated heterocycles. The maximum atomic E-state index is 13.8. The monoisotopic (exact) mass is 355 g/mol. The van der Waals surface area contributed by atoms with Crippen LogP contribution < -0.4 is 5.32 Å². The number of amides is 1. The number of ether oxygens (including phenoxy) is 1. The van der Waals surface area contributed by atoms with E-state index in [0.717, 1.165) is 22.6 Å². The predicted molar refractivity (Wildman–Crippen MR) is 97.7 cm³/mol. The summed E-state index contributed by atoms with van der Waals surface area (Å²) in [5, 5.41) is 2.84. The third kappa shape index (κ3) is 3.91. The van der Waals surface area contributed by atoms with Crippen molar-refractivity contribution in [2.75, 3.05) is 20.3 Å². The van der Waals surface area contributed by atoms with Gasteiger partial charge in [-0.15, -0.1) is 0 Å². The largest absolute Gasteiger partial charge is 0.383 e. The lowest BCUT2D eigenvalue weighted by atomic mass is 9.92. The lowest BCUT2D eigenvalue weighted by Gasteiger charge is -2.18. The highest BCUT2D eigenvalue weighted by Crippen LogP contribution is 2.30. The topological polar surface area (TPSA) is 55.6 Å². The molecule has 1 unspecified atom stereocenters. The number of pyridine rings is 1. The zero-order valence-electron chi connectivity index (χ0n) is 14.9. The van der Waals surface area contributed by atoms with E-state index in [4.69, 9.17) is 4.74 Å². The number of nitrogens with one attached hydrogen (secondary N) is 1. The van der Waals surface area contributed by atoms with Crippen LogP contribution in [-0.2, 0) is 9.53 Å². The Labute approximate surface area is 151 Å². The van der Waals surface area contributed by atoms with Gasteiger partial charge in [-0.1, -0.05) is 18.2 Å². The Morgan fingerprint density at radius 3 is 2.88 bits per heavy atom. The van der Waals surface area contributed by atoms with Crippen molar-refractivity contribution in [3.05, 3.63) is 71.4 Å². The van der Waals surface area contributed by atoms with Crippen LogP contribution in [0, 0.1) is 12.7 Å². The summed E-state index contributed by atoms with van der Waals surface area (Å²) in [7, 11) is 1.59. The lowest BCUT2D eigenvalue weighted by Crippen LogP contribution is -2.28. The molecular formula is C20H22FN3O2. The molecule has 136 valence electrons. The molecule has 1 amide bonds. The van der Waals surface area contributed by atoms with Gasteiger partial charge in [-0.2, -0.15) is 0 Å². The number of aromatic nitrogens is 2. The van der Waals surface area contributed by atoms with Crippen molar-refractivity contribution in [3.63, 3.8) is 0 Å². The van der Waals surface area contributed by atoms with Gasteiger partial charge >= 0.3 is 0 Å². The van der Waals surface area contributed by atoms with Crippen LogP contribution in [0.3, 0.4) is 0 Å². The fourth-order valence-corrected chi connectivity index (χ4v) is 3.14. The van der Waals surface area contributed by atoms with Gasteiger partial charge in [0.1, 0.15) is 11.5 Å². The Morgan fingerprint density at radius 2 is 2.12 bits per heavy atom. The van der Waals surface area contributed by atoms with Gasteiger partial charge in [0.25, 0.3) is 0 Å². The molecule has 0 aliphatic carbocycles. The van der Waals surface area contributed by atoms with E-state index < -0.39 is 0 Å². The summed E-state index contributed by atoms with van der Waals surface area (Å²) in [6, 6.07) is 12.2. The van der Waals surface area contributed by atoms with Crippen molar-refractivity contribution in [1.29, 1.82) is 0 Å². The van der Waals surface area contributed by atoms with Crippen LogP contribution in [0.25, 0.3) is 5.65 Å². The van der Waals surface area contributed by atoms with E-state index in [1.807, 2.05) is 35.6 Å². The highest BCUT2D eigenvalue weighted by Gasteiger charge is 2.22. The smallest absolute Gasteiger partial charge is 0.221 e. The highest BCUT2D eigenvalue weighted by atomic mass is 19.1. The van der Waals surface area contributed by atoms with Crippen LogP contribution in [0.4, 0.5) is 4.39 Å². The maximum Gasteiger partial charge on any atom is 0.221 e. The van der Waals surface area contributed by atoms with Crippen LogP contribution in [-0.4, -0.2) is 35.6 Å². The van der Waals surface area contributed by atoms with Gasteiger partial charge in [-0.3, -0.25) is 4.79 Å². The van der Waals surface area contributed by atoms with Gasteiger partial charge in [0.05, 0.1) is 12.3 Å². The van der Waals surface area contributed by atoms with Gasteiger partial charge in [0.2, 0.25) is 5.91 Å². The number of carbonyl (C=O) groups excluding carboxylic acids is 1. The molecule has 2 aromatic heterocycles. The summed E-state index contributed by atoms with van der Waals surface area (Å²) in [6.07, 6.45) is 1.97. The Balaban J connectivity index is 1.98. The molecule has 0 bridgehead atoms. The first-order valence-corrected chi connectivity index (χ1v) is 8.54. The summed E-state index contributed by atoms with van der Waals surface area (Å²) in [5.74, 6) is -0.734. The van der Waals surface area contributed by atoms with Crippen LogP contribution in [0.2, 0.25) is 0 Å². The number of aryl methyl sites for hydroxylation is 1. The molecule has 0 spiro atoms. The molecule has 1 N–H and O–H groups in total. The second-order valence-electron chi connectivity index (χ2n) is 6.20. The maximum absolute atomic E-state index is 13.8. The second kappa shape index (κ2) is 8.10. The first kappa shape index (κ1) is 18.1. The van der Waals surface area contributed by atoms with E-state index in [2.05, 4.69) is 10.3 Å². The van der Waals surface area contributed by atoms with Crippen LogP contribution >= 0.6 is 0 Å². The van der Waals surface area contributed by atoms with E-state index in [1.165, 1.54) is 12.1 Å². The zero-order chi connectivity index (χ0) is 18.5. The lowest BCUT2D eigenvalue weighted by molar-refractivity contribution is -0.121. The molecule has 1 atom stereocenters. The summed E-state index contributed by atoms with van der Waals surface area (Å²) < 4.78 is 20.8. The number of imidazole rings is 1. The summed E-state index contributed by atoms with van der Waals surface area (Å²) in [4.78, 5) is 16.9. The number of carbonyl (C=O) groups is 1. The molecule has 2 heterocycles. The molecule has 0 saturated carbocycles. The molecule has 0 aliphatic heterocycles. The van der Waals surface area contributed by atoms with Crippen molar-refractivity contribution in [3.8, 4) is 0 Å². The highest BCUT2D eigenvalue weighted by molar-refractivity contribution is 5.77. The predicted octanol–water partition coefficient (Wildman–Crippen LogP) is 3.07. The first-order valence-electron chi connectivity index (χ1n) is 8.54. The minimum absolute atomic E-state index is 0.111. The molecule has 26 heavy (non-hydrogen) atoms. The average Bonchev–Trinajstić information content (AvgIpc) is 3.05. The van der Waals surface area contributed by atoms with Crippen molar-refractivity contribution >= 4 is 11.6 Å². The molecule has 6 heteroatoms. The van der Waals surface area contributed by atoms with E-state index in [1.54, 1.807) is 19.4 Å². The van der Waals surface area contributed by atoms with Crippen LogP contribution in [0.1, 0.15) is 29.3 Å². The molecule has 0 radical (unpaired) electrons. The van der Waals surface area contributed by atoms with Crippen molar-refractivity contribution in [1.82, 2.24) is 14.7 Å². The number of rotatable bonds is 7. The SMILES string of the molecule is COCCNC(=O)CC(c1cccc(F)c1)c1cnc2cccc(C)n12. The summed E-state index contributed by atoms with van der Waals surface area (Å²) >= 11 is 0. The number of fused-ring (bicyclic) bond motifs is 1. The van der Waals surface area contributed by atoms with Crippen LogP contribution in [0.15, 0.2) is 48.7 Å². The third-order valence-corrected chi connectivity index (χ3v) is 4.38. The molecule has 0 aliphatic rings. The minimum atomic E-state index is -0.321. The minimum Gasteiger partial charge on any atom is -0.383 e. The molecule has 5 nitrogen and oxygen atoms in total. The van der Waals surface area contributed by atoms with E-state index in [0.29, 0.717) is 13.2 Å². The summed E-state index contributed by atoms with van der Waals surface area (Å²) in [5.41, 5.74) is 3.43. The Morgan fingerprint density at radius 1 is 1.31 bits per heavy atom. The first-order chi connectivity index (χ1) is 12.6. The summed E-state index contributed by atoms with van der Waals surface area (Å²) in [6.45, 7) is 2.88. The van der Waals surface area contributed by atoms with Gasteiger partial charge in [-0.25, -0.2) is 9.37 Å². The van der Waals surface area contributed by atoms with Crippen LogP contribution in [0.5, 0.6) is 0 Å². The quantitative estimate of drug-likeness (QED) is 0.663. The molecule has 3 rings (SSSR count). The zero-order valence-corrected chi connectivity index (χ0v) is 14.9. The average molecular weight is 355 g/mol. The normalized spacial score (nSPS) is 12.3. The van der Waals surface area contributed by atoms with Crippen molar-refractivity contribution in [2.45, 2.75) is 19.3 Å². The van der Waals surface area contributed by atoms with Gasteiger partial charge in [-0.05, 0) is 36.8 Å².